The lowest BCUT2D eigenvalue weighted by molar-refractivity contribution is -0.150. The van der Waals surface area contributed by atoms with E-state index in [-0.39, 0.29) is 17.8 Å². The average Bonchev–Trinajstić information content (AvgIpc) is 2.02. The molecule has 0 aliphatic rings. The monoisotopic (exact) mass is 158 g/mol. The summed E-state index contributed by atoms with van der Waals surface area (Å²) in [6, 6.07) is 0. The van der Waals surface area contributed by atoms with Crippen molar-refractivity contribution in [3.05, 3.63) is 0 Å². The Morgan fingerprint density at radius 3 is 2.45 bits per heavy atom. The highest BCUT2D eigenvalue weighted by molar-refractivity contribution is 5.76. The van der Waals surface area contributed by atoms with Gasteiger partial charge < -0.3 is 9.53 Å². The molecule has 0 radical (unpaired) electrons. The Labute approximate surface area is 66.7 Å². The highest BCUT2D eigenvalue weighted by atomic mass is 16.5. The zero-order valence-corrected chi connectivity index (χ0v) is 7.16. The zero-order chi connectivity index (χ0) is 8.85. The first kappa shape index (κ1) is 10.1. The van der Waals surface area contributed by atoms with Gasteiger partial charge in [-0.1, -0.05) is 13.8 Å². The molecule has 0 heterocycles. The number of hydrogen-bond acceptors (Lipinski definition) is 3. The number of ether oxygens (including phenoxy) is 1. The van der Waals surface area contributed by atoms with Crippen molar-refractivity contribution in [1.82, 2.24) is 0 Å². The van der Waals surface area contributed by atoms with Crippen molar-refractivity contribution in [3.63, 3.8) is 0 Å². The molecular weight excluding hydrogens is 144 g/mol. The van der Waals surface area contributed by atoms with Crippen LogP contribution >= 0.6 is 0 Å². The van der Waals surface area contributed by atoms with Crippen LogP contribution in [0, 0.1) is 11.8 Å². The number of carbonyl (C=O) groups excluding carboxylic acids is 2. The van der Waals surface area contributed by atoms with Crippen molar-refractivity contribution in [2.45, 2.75) is 20.8 Å². The number of carbonyl (C=O) groups is 2. The topological polar surface area (TPSA) is 43.4 Å². The Morgan fingerprint density at radius 1 is 1.55 bits per heavy atom. The predicted molar refractivity (Wildman–Crippen MR) is 41.0 cm³/mol. The first-order valence-electron chi connectivity index (χ1n) is 3.75. The van der Waals surface area contributed by atoms with E-state index in [1.165, 1.54) is 0 Å². The van der Waals surface area contributed by atoms with E-state index in [1.54, 1.807) is 20.8 Å². The van der Waals surface area contributed by atoms with Crippen LogP contribution in [0.15, 0.2) is 0 Å². The molecule has 0 fully saturated rings. The molecule has 0 bridgehead atoms. The Kier molecular flexibility index (Phi) is 4.50. The Bertz CT molecular complexity index is 142. The molecule has 2 unspecified atom stereocenters. The van der Waals surface area contributed by atoms with Gasteiger partial charge in [0.15, 0.2) is 0 Å². The quantitative estimate of drug-likeness (QED) is 0.453. The molecule has 3 nitrogen and oxygen atoms in total. The van der Waals surface area contributed by atoms with E-state index in [4.69, 9.17) is 4.74 Å². The third-order valence-corrected chi connectivity index (χ3v) is 1.66. The zero-order valence-electron chi connectivity index (χ0n) is 7.16. The lowest BCUT2D eigenvalue weighted by atomic mass is 9.98. The summed E-state index contributed by atoms with van der Waals surface area (Å²) >= 11 is 0. The number of esters is 1. The molecule has 3 heteroatoms. The standard InChI is InChI=1S/C8H14O3/c1-4-11-8(10)7(3)6(2)5-9/h5-7H,4H2,1-3H3. The van der Waals surface area contributed by atoms with Gasteiger partial charge in [0.2, 0.25) is 0 Å². The van der Waals surface area contributed by atoms with E-state index in [1.807, 2.05) is 0 Å². The second-order valence-electron chi connectivity index (χ2n) is 2.54. The Hall–Kier alpha value is -0.860. The third-order valence-electron chi connectivity index (χ3n) is 1.66. The van der Waals surface area contributed by atoms with Gasteiger partial charge in [0.1, 0.15) is 6.29 Å². The van der Waals surface area contributed by atoms with Crippen LogP contribution in [0.4, 0.5) is 0 Å². The first-order chi connectivity index (χ1) is 5.13. The second kappa shape index (κ2) is 4.88. The molecule has 0 aromatic rings. The first-order valence-corrected chi connectivity index (χ1v) is 3.75. The summed E-state index contributed by atoms with van der Waals surface area (Å²) in [5.41, 5.74) is 0. The van der Waals surface area contributed by atoms with Gasteiger partial charge in [-0.15, -0.1) is 0 Å². The normalized spacial score (nSPS) is 15.2. The van der Waals surface area contributed by atoms with Crippen molar-refractivity contribution in [3.8, 4) is 0 Å². The van der Waals surface area contributed by atoms with Crippen LogP contribution in [0.1, 0.15) is 20.8 Å². The number of aldehydes is 1. The third kappa shape index (κ3) is 3.16. The maximum absolute atomic E-state index is 11.0. The molecule has 0 amide bonds. The largest absolute Gasteiger partial charge is 0.466 e. The van der Waals surface area contributed by atoms with Crippen LogP contribution in [-0.2, 0) is 14.3 Å². The summed E-state index contributed by atoms with van der Waals surface area (Å²) in [4.78, 5) is 21.2. The molecule has 0 saturated carbocycles. The van der Waals surface area contributed by atoms with Crippen molar-refractivity contribution in [2.75, 3.05) is 6.61 Å². The summed E-state index contributed by atoms with van der Waals surface area (Å²) in [7, 11) is 0. The van der Waals surface area contributed by atoms with Crippen LogP contribution < -0.4 is 0 Å². The van der Waals surface area contributed by atoms with Crippen LogP contribution in [0.3, 0.4) is 0 Å². The van der Waals surface area contributed by atoms with E-state index in [0.717, 1.165) is 6.29 Å². The molecule has 0 rings (SSSR count). The van der Waals surface area contributed by atoms with Crippen LogP contribution in [0.5, 0.6) is 0 Å². The Morgan fingerprint density at radius 2 is 2.09 bits per heavy atom. The van der Waals surface area contributed by atoms with Gasteiger partial charge in [-0.05, 0) is 6.92 Å². The molecular formula is C8H14O3. The minimum atomic E-state index is -0.326. The molecule has 64 valence electrons. The van der Waals surface area contributed by atoms with E-state index >= 15 is 0 Å². The van der Waals surface area contributed by atoms with Gasteiger partial charge in [0, 0.05) is 5.92 Å². The summed E-state index contributed by atoms with van der Waals surface area (Å²) < 4.78 is 4.73. The molecule has 0 aliphatic carbocycles. The van der Waals surface area contributed by atoms with Gasteiger partial charge in [-0.3, -0.25) is 4.79 Å². The predicted octanol–water partition coefficient (Wildman–Crippen LogP) is 1.02. The fourth-order valence-corrected chi connectivity index (χ4v) is 0.606. The van der Waals surface area contributed by atoms with Gasteiger partial charge in [0.05, 0.1) is 12.5 Å². The van der Waals surface area contributed by atoms with Gasteiger partial charge in [0.25, 0.3) is 0 Å². The highest BCUT2D eigenvalue weighted by Crippen LogP contribution is 2.09. The molecule has 0 N–H and O–H groups in total. The SMILES string of the molecule is CCOC(=O)C(C)C(C)C=O. The van der Waals surface area contributed by atoms with Gasteiger partial charge in [-0.25, -0.2) is 0 Å². The van der Waals surface area contributed by atoms with Crippen LogP contribution in [-0.4, -0.2) is 18.9 Å². The molecule has 0 aromatic carbocycles. The van der Waals surface area contributed by atoms with Crippen molar-refractivity contribution in [1.29, 1.82) is 0 Å². The second-order valence-corrected chi connectivity index (χ2v) is 2.54. The minimum Gasteiger partial charge on any atom is -0.466 e. The van der Waals surface area contributed by atoms with E-state index in [9.17, 15) is 9.59 Å². The lowest BCUT2D eigenvalue weighted by Crippen LogP contribution is -2.22. The molecule has 0 aliphatic heterocycles. The molecule has 11 heavy (non-hydrogen) atoms. The van der Waals surface area contributed by atoms with Gasteiger partial charge >= 0.3 is 5.97 Å². The summed E-state index contributed by atoms with van der Waals surface area (Å²) in [5, 5.41) is 0. The summed E-state index contributed by atoms with van der Waals surface area (Å²) in [6.07, 6.45) is 0.765. The number of hydrogen-bond donors (Lipinski definition) is 0. The molecule has 0 spiro atoms. The Balaban J connectivity index is 3.90. The van der Waals surface area contributed by atoms with Gasteiger partial charge in [-0.2, -0.15) is 0 Å². The molecule has 2 atom stereocenters. The average molecular weight is 158 g/mol. The van der Waals surface area contributed by atoms with Crippen LogP contribution in [0.25, 0.3) is 0 Å². The van der Waals surface area contributed by atoms with Crippen molar-refractivity contribution < 1.29 is 14.3 Å². The maximum Gasteiger partial charge on any atom is 0.309 e. The summed E-state index contributed by atoms with van der Waals surface area (Å²) in [6.45, 7) is 5.51. The fourth-order valence-electron chi connectivity index (χ4n) is 0.606. The van der Waals surface area contributed by atoms with Crippen molar-refractivity contribution >= 4 is 12.3 Å². The number of rotatable bonds is 4. The minimum absolute atomic E-state index is 0.256. The summed E-state index contributed by atoms with van der Waals surface area (Å²) in [5.74, 6) is -0.881. The van der Waals surface area contributed by atoms with E-state index in [2.05, 4.69) is 0 Å². The van der Waals surface area contributed by atoms with Crippen molar-refractivity contribution in [2.24, 2.45) is 11.8 Å². The fraction of sp³-hybridized carbons (Fsp3) is 0.750. The van der Waals surface area contributed by atoms with Crippen LogP contribution in [0.2, 0.25) is 0 Å². The molecule has 0 aromatic heterocycles. The van der Waals surface area contributed by atoms with E-state index in [0.29, 0.717) is 6.61 Å². The maximum atomic E-state index is 11.0. The lowest BCUT2D eigenvalue weighted by Gasteiger charge is -2.11. The van der Waals surface area contributed by atoms with E-state index < -0.39 is 0 Å². The highest BCUT2D eigenvalue weighted by Gasteiger charge is 2.20. The molecule has 0 saturated heterocycles. The smallest absolute Gasteiger partial charge is 0.309 e.